The number of halogens is 1. The van der Waals surface area contributed by atoms with Gasteiger partial charge >= 0.3 is 6.09 Å². The van der Waals surface area contributed by atoms with Crippen molar-refractivity contribution in [1.82, 2.24) is 10.6 Å². The van der Waals surface area contributed by atoms with Crippen LogP contribution in [0.15, 0.2) is 24.3 Å². The molecule has 0 saturated carbocycles. The number of hydrogen-bond acceptors (Lipinski definition) is 5. The van der Waals surface area contributed by atoms with Crippen LogP contribution < -0.4 is 16.0 Å². The normalized spacial score (nSPS) is 27.4. The lowest BCUT2D eigenvalue weighted by Crippen LogP contribution is -2.46. The average molecular weight is 386 g/mol. The molecule has 1 aromatic rings. The number of carbonyl (C=O) groups excluding carboxylic acids is 1. The quantitative estimate of drug-likeness (QED) is 0.683. The number of carbonyl (C=O) groups is 1. The van der Waals surface area contributed by atoms with E-state index >= 15 is 0 Å². The molecule has 0 spiro atoms. The number of fused-ring (bicyclic) bond motifs is 1. The number of thiocarbonyl (C=S) groups is 1. The first kappa shape index (κ1) is 18.2. The predicted octanol–water partition coefficient (Wildman–Crippen LogP) is 1.91. The fourth-order valence-corrected chi connectivity index (χ4v) is 3.28. The molecular weight excluding hydrogens is 366 g/mol. The van der Waals surface area contributed by atoms with Gasteiger partial charge in [-0.25, -0.2) is 4.79 Å². The molecular formula is C16H20ClN3O4S. The number of alkyl carbamates (subject to hydrolysis) is 1. The van der Waals surface area contributed by atoms with Crippen molar-refractivity contribution in [1.29, 1.82) is 0 Å². The lowest BCUT2D eigenvalue weighted by Gasteiger charge is -2.20. The van der Waals surface area contributed by atoms with Crippen LogP contribution in [0.2, 0.25) is 5.02 Å². The monoisotopic (exact) mass is 385 g/mol. The smallest absolute Gasteiger partial charge is 0.407 e. The molecule has 1 aromatic carbocycles. The van der Waals surface area contributed by atoms with Gasteiger partial charge in [0.1, 0.15) is 12.2 Å². The van der Waals surface area contributed by atoms with Crippen molar-refractivity contribution < 1.29 is 19.0 Å². The molecule has 2 heterocycles. The van der Waals surface area contributed by atoms with Crippen LogP contribution >= 0.6 is 23.8 Å². The topological polar surface area (TPSA) is 80.9 Å². The van der Waals surface area contributed by atoms with Gasteiger partial charge in [0.15, 0.2) is 11.2 Å². The predicted molar refractivity (Wildman–Crippen MR) is 98.0 cm³/mol. The fourth-order valence-electron chi connectivity index (χ4n) is 2.88. The van der Waals surface area contributed by atoms with Crippen LogP contribution in [0, 0.1) is 0 Å². The van der Waals surface area contributed by atoms with E-state index in [1.54, 1.807) is 12.1 Å². The summed E-state index contributed by atoms with van der Waals surface area (Å²) in [6.45, 7) is 3.07. The molecule has 0 bridgehead atoms. The highest BCUT2D eigenvalue weighted by Gasteiger charge is 2.49. The van der Waals surface area contributed by atoms with Gasteiger partial charge in [0.2, 0.25) is 0 Å². The Morgan fingerprint density at radius 3 is 2.72 bits per heavy atom. The van der Waals surface area contributed by atoms with Crippen molar-refractivity contribution in [2.45, 2.75) is 31.3 Å². The number of anilines is 1. The third-order valence-electron chi connectivity index (χ3n) is 4.01. The van der Waals surface area contributed by atoms with Gasteiger partial charge in [-0.15, -0.1) is 0 Å². The van der Waals surface area contributed by atoms with Crippen molar-refractivity contribution in [2.75, 3.05) is 25.1 Å². The molecule has 9 heteroatoms. The van der Waals surface area contributed by atoms with Crippen molar-refractivity contribution in [3.8, 4) is 0 Å². The summed E-state index contributed by atoms with van der Waals surface area (Å²) in [5, 5.41) is 10.0. The minimum absolute atomic E-state index is 0.111. The van der Waals surface area contributed by atoms with Crippen molar-refractivity contribution >= 4 is 40.7 Å². The van der Waals surface area contributed by atoms with Crippen molar-refractivity contribution in [3.63, 3.8) is 0 Å². The summed E-state index contributed by atoms with van der Waals surface area (Å²) in [7, 11) is 0. The van der Waals surface area contributed by atoms with Crippen LogP contribution in [0.1, 0.15) is 6.92 Å². The zero-order valence-corrected chi connectivity index (χ0v) is 15.2. The number of benzene rings is 1. The van der Waals surface area contributed by atoms with E-state index in [1.165, 1.54) is 0 Å². The summed E-state index contributed by atoms with van der Waals surface area (Å²) < 4.78 is 16.8. The van der Waals surface area contributed by atoms with Gasteiger partial charge in [-0.1, -0.05) is 11.6 Å². The molecule has 0 aliphatic carbocycles. The summed E-state index contributed by atoms with van der Waals surface area (Å²) in [6, 6.07) is 7.13. The minimum atomic E-state index is -0.461. The average Bonchev–Trinajstić information content (AvgIpc) is 3.14. The van der Waals surface area contributed by atoms with E-state index in [0.29, 0.717) is 29.9 Å². The molecule has 2 aliphatic heterocycles. The molecule has 25 heavy (non-hydrogen) atoms. The highest BCUT2D eigenvalue weighted by molar-refractivity contribution is 7.80. The van der Waals surface area contributed by atoms with Crippen LogP contribution in [0.5, 0.6) is 0 Å². The van der Waals surface area contributed by atoms with E-state index in [0.717, 1.165) is 5.69 Å². The summed E-state index contributed by atoms with van der Waals surface area (Å²) in [4.78, 5) is 11.6. The highest BCUT2D eigenvalue weighted by atomic mass is 35.5. The number of amides is 1. The lowest BCUT2D eigenvalue weighted by molar-refractivity contribution is 0.00425. The Hall–Kier alpha value is -1.61. The Bertz CT molecular complexity index is 630. The fraction of sp³-hybridized carbons (Fsp3) is 0.500. The lowest BCUT2D eigenvalue weighted by atomic mass is 10.1. The Morgan fingerprint density at radius 2 is 2.00 bits per heavy atom. The molecule has 0 unspecified atom stereocenters. The molecule has 0 aromatic heterocycles. The Balaban J connectivity index is 1.51. The number of ether oxygens (including phenoxy) is 3. The van der Waals surface area contributed by atoms with Crippen molar-refractivity contribution in [3.05, 3.63) is 29.3 Å². The third kappa shape index (κ3) is 4.52. The highest BCUT2D eigenvalue weighted by Crippen LogP contribution is 2.29. The van der Waals surface area contributed by atoms with Gasteiger partial charge in [-0.2, -0.15) is 0 Å². The van der Waals surface area contributed by atoms with Gasteiger partial charge in [-0.05, 0) is 43.4 Å². The van der Waals surface area contributed by atoms with Crippen LogP contribution in [0.4, 0.5) is 10.5 Å². The molecule has 3 rings (SSSR count). The van der Waals surface area contributed by atoms with Crippen LogP contribution in [-0.2, 0) is 14.2 Å². The summed E-state index contributed by atoms with van der Waals surface area (Å²) >= 11 is 11.2. The number of rotatable bonds is 4. The summed E-state index contributed by atoms with van der Waals surface area (Å²) in [5.74, 6) is 0. The van der Waals surface area contributed by atoms with Crippen LogP contribution in [-0.4, -0.2) is 55.3 Å². The van der Waals surface area contributed by atoms with Crippen LogP contribution in [0.3, 0.4) is 0 Å². The Morgan fingerprint density at radius 1 is 1.28 bits per heavy atom. The molecule has 3 N–H and O–H groups in total. The van der Waals surface area contributed by atoms with Gasteiger partial charge in [0.05, 0.1) is 19.3 Å². The SMILES string of the molecule is CCNC(=O)O[C@H]1CO[C@@H]2[C@@H]1OC[C@@H]2NC(=S)Nc1ccc(Cl)cc1. The summed E-state index contributed by atoms with van der Waals surface area (Å²) in [5.41, 5.74) is 0.835. The maximum Gasteiger partial charge on any atom is 0.407 e. The zero-order valence-electron chi connectivity index (χ0n) is 13.7. The standard InChI is InChI=1S/C16H20ClN3O4S/c1-2-18-16(21)24-12-8-23-13-11(7-22-14(12)13)20-15(25)19-10-5-3-9(17)4-6-10/h3-6,11-14H,2,7-8H2,1H3,(H,18,21)(H2,19,20,25)/t11-,12-,13-,14+/m0/s1. The second-order valence-corrected chi connectivity index (χ2v) is 6.63. The minimum Gasteiger partial charge on any atom is -0.441 e. The van der Waals surface area contributed by atoms with E-state index in [-0.39, 0.29) is 18.2 Å². The van der Waals surface area contributed by atoms with Gasteiger partial charge in [0, 0.05) is 17.3 Å². The van der Waals surface area contributed by atoms with Gasteiger partial charge < -0.3 is 30.2 Å². The molecule has 0 radical (unpaired) electrons. The molecule has 2 saturated heterocycles. The third-order valence-corrected chi connectivity index (χ3v) is 4.48. The van der Waals surface area contributed by atoms with Gasteiger partial charge in [-0.3, -0.25) is 0 Å². The van der Waals surface area contributed by atoms with Crippen LogP contribution in [0.25, 0.3) is 0 Å². The van der Waals surface area contributed by atoms with Gasteiger partial charge in [0.25, 0.3) is 0 Å². The van der Waals surface area contributed by atoms with E-state index in [1.807, 2.05) is 19.1 Å². The van der Waals surface area contributed by atoms with E-state index in [4.69, 9.17) is 38.0 Å². The molecule has 7 nitrogen and oxygen atoms in total. The maximum atomic E-state index is 11.6. The largest absolute Gasteiger partial charge is 0.441 e. The molecule has 1 amide bonds. The summed E-state index contributed by atoms with van der Waals surface area (Å²) in [6.07, 6.45) is -1.39. The second-order valence-electron chi connectivity index (χ2n) is 5.78. The van der Waals surface area contributed by atoms with E-state index in [2.05, 4.69) is 16.0 Å². The first-order valence-electron chi connectivity index (χ1n) is 8.07. The molecule has 2 aliphatic rings. The molecule has 4 atom stereocenters. The number of hydrogen-bond donors (Lipinski definition) is 3. The Labute approximate surface area is 156 Å². The molecule has 136 valence electrons. The Kier molecular flexibility index (Phi) is 5.95. The van der Waals surface area contributed by atoms with Crippen molar-refractivity contribution in [2.24, 2.45) is 0 Å². The zero-order chi connectivity index (χ0) is 17.8. The van der Waals surface area contributed by atoms with E-state index in [9.17, 15) is 4.79 Å². The first-order valence-corrected chi connectivity index (χ1v) is 8.86. The second kappa shape index (κ2) is 8.18. The molecule has 2 fully saturated rings. The maximum absolute atomic E-state index is 11.6. The van der Waals surface area contributed by atoms with E-state index < -0.39 is 12.2 Å². The first-order chi connectivity index (χ1) is 12.1. The number of nitrogens with one attached hydrogen (secondary N) is 3.